The lowest BCUT2D eigenvalue weighted by Gasteiger charge is -2.04. The fourth-order valence-electron chi connectivity index (χ4n) is 1.90. The van der Waals surface area contributed by atoms with Gasteiger partial charge < -0.3 is 4.74 Å². The molecule has 132 valence electrons. The molecule has 5 heteroatoms. The van der Waals surface area contributed by atoms with Crippen LogP contribution in [0, 0.1) is 0 Å². The predicted molar refractivity (Wildman–Crippen MR) is 110 cm³/mol. The minimum absolute atomic E-state index is 0.0695. The monoisotopic (exact) mass is 382 g/mol. The van der Waals surface area contributed by atoms with Crippen molar-refractivity contribution in [2.75, 3.05) is 6.61 Å². The number of ether oxygens (including phenoxy) is 1. The minimum atomic E-state index is -0.0834. The second kappa shape index (κ2) is 10.5. The summed E-state index contributed by atoms with van der Waals surface area (Å²) in [7, 11) is 0. The van der Waals surface area contributed by atoms with E-state index in [1.807, 2.05) is 60.7 Å². The Labute approximate surface area is 161 Å². The van der Waals surface area contributed by atoms with Crippen molar-refractivity contribution in [3.8, 4) is 5.75 Å². The summed E-state index contributed by atoms with van der Waals surface area (Å²) < 4.78 is 5.64. The molecule has 0 saturated carbocycles. The van der Waals surface area contributed by atoms with Gasteiger partial charge in [0.25, 0.3) is 0 Å². The van der Waals surface area contributed by atoms with Gasteiger partial charge in [-0.1, -0.05) is 31.4 Å². The maximum Gasteiger partial charge on any atom is 0.216 e. The molecular weight excluding hydrogens is 364 g/mol. The van der Waals surface area contributed by atoms with Gasteiger partial charge in [0.15, 0.2) is 0 Å². The fraction of sp³-hybridized carbons (Fsp3) is 0.0476. The lowest BCUT2D eigenvalue weighted by Crippen LogP contribution is -1.93. The van der Waals surface area contributed by atoms with Gasteiger partial charge in [0.2, 0.25) is 10.2 Å². The van der Waals surface area contributed by atoms with Crippen LogP contribution in [0.15, 0.2) is 89.7 Å². The first kappa shape index (κ1) is 19.8. The van der Waals surface area contributed by atoms with E-state index in [2.05, 4.69) is 13.2 Å². The van der Waals surface area contributed by atoms with Crippen LogP contribution in [0.3, 0.4) is 0 Å². The first-order valence-electron chi connectivity index (χ1n) is 7.78. The molecule has 0 aliphatic rings. The van der Waals surface area contributed by atoms with Crippen molar-refractivity contribution >= 4 is 39.8 Å². The third kappa shape index (κ3) is 6.78. The second-order valence-corrected chi connectivity index (χ2v) is 7.16. The highest BCUT2D eigenvalue weighted by molar-refractivity contribution is 8.14. The molecule has 0 aliphatic heterocycles. The lowest BCUT2D eigenvalue weighted by molar-refractivity contribution is -0.107. The molecule has 0 amide bonds. The molecule has 2 aromatic carbocycles. The largest absolute Gasteiger partial charge is 0.490 e. The van der Waals surface area contributed by atoms with E-state index >= 15 is 0 Å². The average Bonchev–Trinajstić information content (AvgIpc) is 2.67. The van der Waals surface area contributed by atoms with Crippen molar-refractivity contribution in [2.45, 2.75) is 9.79 Å². The zero-order chi connectivity index (χ0) is 18.8. The number of thioether (sulfide) groups is 2. The Hall–Kier alpha value is -2.50. The Kier molecular flexibility index (Phi) is 7.99. The van der Waals surface area contributed by atoms with Gasteiger partial charge in [0.1, 0.15) is 12.4 Å². The van der Waals surface area contributed by atoms with Gasteiger partial charge in [0, 0.05) is 9.79 Å². The maximum atomic E-state index is 11.3. The van der Waals surface area contributed by atoms with Gasteiger partial charge in [-0.05, 0) is 83.7 Å². The minimum Gasteiger partial charge on any atom is -0.490 e. The molecule has 0 N–H and O–H groups in total. The highest BCUT2D eigenvalue weighted by Gasteiger charge is 2.01. The van der Waals surface area contributed by atoms with E-state index in [9.17, 15) is 9.59 Å². The van der Waals surface area contributed by atoms with Gasteiger partial charge in [-0.3, -0.25) is 9.59 Å². The number of carbonyl (C=O) groups is 2. The molecule has 0 aliphatic carbocycles. The highest BCUT2D eigenvalue weighted by atomic mass is 32.2. The summed E-state index contributed by atoms with van der Waals surface area (Å²) in [6, 6.07) is 15.0. The Bertz CT molecular complexity index is 806. The molecule has 0 atom stereocenters. The smallest absolute Gasteiger partial charge is 0.216 e. The van der Waals surface area contributed by atoms with Gasteiger partial charge >= 0.3 is 0 Å². The standard InChI is InChI=1S/C21H18O3S2/c1-3-20(22)25-18-11-7-16(8-12-18)6-5-15-24-17-9-13-19(14-10-17)26-21(23)4-2/h3-14H,1-2,15H2/b6-5+. The van der Waals surface area contributed by atoms with E-state index in [-0.39, 0.29) is 10.2 Å². The van der Waals surface area contributed by atoms with E-state index in [0.717, 1.165) is 44.6 Å². The molecule has 0 spiro atoms. The van der Waals surface area contributed by atoms with Crippen molar-refractivity contribution in [1.29, 1.82) is 0 Å². The van der Waals surface area contributed by atoms with Gasteiger partial charge in [0.05, 0.1) is 0 Å². The zero-order valence-electron chi connectivity index (χ0n) is 14.1. The van der Waals surface area contributed by atoms with Crippen LogP contribution in [0.25, 0.3) is 6.08 Å². The van der Waals surface area contributed by atoms with E-state index in [0.29, 0.717) is 6.61 Å². The molecule has 0 bridgehead atoms. The Morgan fingerprint density at radius 3 is 1.85 bits per heavy atom. The van der Waals surface area contributed by atoms with E-state index in [1.54, 1.807) is 0 Å². The maximum absolute atomic E-state index is 11.3. The van der Waals surface area contributed by atoms with Crippen molar-refractivity contribution in [2.24, 2.45) is 0 Å². The lowest BCUT2D eigenvalue weighted by atomic mass is 10.2. The summed E-state index contributed by atoms with van der Waals surface area (Å²) in [5.41, 5.74) is 1.03. The topological polar surface area (TPSA) is 43.4 Å². The number of benzene rings is 2. The van der Waals surface area contributed by atoms with Crippen LogP contribution in [0.5, 0.6) is 5.75 Å². The van der Waals surface area contributed by atoms with Gasteiger partial charge in [-0.25, -0.2) is 0 Å². The van der Waals surface area contributed by atoms with Crippen molar-refractivity contribution in [3.63, 3.8) is 0 Å². The zero-order valence-corrected chi connectivity index (χ0v) is 15.7. The number of hydrogen-bond donors (Lipinski definition) is 0. The molecule has 3 nitrogen and oxygen atoms in total. The van der Waals surface area contributed by atoms with E-state index < -0.39 is 0 Å². The first-order valence-corrected chi connectivity index (χ1v) is 9.42. The highest BCUT2D eigenvalue weighted by Crippen LogP contribution is 2.22. The molecule has 2 aromatic rings. The molecule has 0 fully saturated rings. The SMILES string of the molecule is C=CC(=O)Sc1ccc(/C=C/COc2ccc(SC(=O)C=C)cc2)cc1. The molecule has 2 rings (SSSR count). The molecule has 0 aromatic heterocycles. The second-order valence-electron chi connectivity index (χ2n) is 5.00. The van der Waals surface area contributed by atoms with Crippen LogP contribution >= 0.6 is 23.5 Å². The van der Waals surface area contributed by atoms with Crippen LogP contribution in [0.4, 0.5) is 0 Å². The van der Waals surface area contributed by atoms with Crippen LogP contribution in [-0.4, -0.2) is 16.8 Å². The summed E-state index contributed by atoms with van der Waals surface area (Å²) in [5.74, 6) is 0.736. The fourth-order valence-corrected chi connectivity index (χ4v) is 3.07. The number of hydrogen-bond acceptors (Lipinski definition) is 5. The third-order valence-electron chi connectivity index (χ3n) is 3.13. The number of rotatable bonds is 8. The summed E-state index contributed by atoms with van der Waals surface area (Å²) in [5, 5.41) is -0.153. The molecule has 0 saturated heterocycles. The van der Waals surface area contributed by atoms with Crippen LogP contribution < -0.4 is 4.74 Å². The van der Waals surface area contributed by atoms with Crippen molar-refractivity contribution in [1.82, 2.24) is 0 Å². The van der Waals surface area contributed by atoms with Crippen LogP contribution in [0.1, 0.15) is 5.56 Å². The molecule has 0 radical (unpaired) electrons. The molecular formula is C21H18O3S2. The summed E-state index contributed by atoms with van der Waals surface area (Å²) in [6.45, 7) is 7.34. The summed E-state index contributed by atoms with van der Waals surface area (Å²) in [6.07, 6.45) is 6.47. The van der Waals surface area contributed by atoms with Gasteiger partial charge in [-0.2, -0.15) is 0 Å². The molecule has 0 unspecified atom stereocenters. The Morgan fingerprint density at radius 1 is 0.846 bits per heavy atom. The van der Waals surface area contributed by atoms with Crippen molar-refractivity contribution in [3.05, 3.63) is 85.5 Å². The van der Waals surface area contributed by atoms with Crippen LogP contribution in [0.2, 0.25) is 0 Å². The number of carbonyl (C=O) groups excluding carboxylic acids is 2. The predicted octanol–water partition coefficient (Wildman–Crippen LogP) is 5.39. The third-order valence-corrected chi connectivity index (χ3v) is 4.88. The molecule has 0 heterocycles. The van der Waals surface area contributed by atoms with E-state index in [1.165, 1.54) is 12.2 Å². The summed E-state index contributed by atoms with van der Waals surface area (Å²) >= 11 is 2.28. The Balaban J connectivity index is 1.81. The van der Waals surface area contributed by atoms with Crippen LogP contribution in [-0.2, 0) is 9.59 Å². The Morgan fingerprint density at radius 2 is 1.35 bits per heavy atom. The molecule has 26 heavy (non-hydrogen) atoms. The summed E-state index contributed by atoms with van der Waals surface area (Å²) in [4.78, 5) is 24.3. The normalized spacial score (nSPS) is 10.5. The quantitative estimate of drug-likeness (QED) is 0.452. The van der Waals surface area contributed by atoms with Gasteiger partial charge in [-0.15, -0.1) is 0 Å². The first-order chi connectivity index (χ1) is 12.6. The average molecular weight is 383 g/mol. The van der Waals surface area contributed by atoms with E-state index in [4.69, 9.17) is 4.74 Å². The van der Waals surface area contributed by atoms with Crippen molar-refractivity contribution < 1.29 is 14.3 Å².